The van der Waals surface area contributed by atoms with E-state index in [9.17, 15) is 63.5 Å². The molecule has 0 saturated carbocycles. The third-order valence-electron chi connectivity index (χ3n) is 8.69. The Labute approximate surface area is 355 Å². The number of amides is 2. The number of ether oxygens (including phenoxy) is 1. The van der Waals surface area contributed by atoms with Crippen LogP contribution in [-0.4, -0.2) is 85.8 Å². The number of benzene rings is 5. The van der Waals surface area contributed by atoms with Crippen molar-refractivity contribution in [2.75, 3.05) is 17.4 Å². The van der Waals surface area contributed by atoms with Crippen LogP contribution in [0.4, 0.5) is 39.8 Å². The topological polar surface area (TPSA) is 366 Å². The molecule has 0 aromatic heterocycles. The number of aliphatic carboxylic acids is 1. The van der Waals surface area contributed by atoms with Crippen LogP contribution in [0.5, 0.6) is 11.5 Å². The predicted molar refractivity (Wildman–Crippen MR) is 219 cm³/mol. The van der Waals surface area contributed by atoms with Gasteiger partial charge in [0.2, 0.25) is 11.9 Å². The van der Waals surface area contributed by atoms with Crippen LogP contribution < -0.4 is 15.1 Å². The zero-order valence-corrected chi connectivity index (χ0v) is 34.7. The Kier molecular flexibility index (Phi) is 12.3. The van der Waals surface area contributed by atoms with E-state index in [0.717, 1.165) is 36.4 Å². The number of aryl methyl sites for hydroxylation is 1. The van der Waals surface area contributed by atoms with E-state index in [-0.39, 0.29) is 50.6 Å². The molecule has 1 unspecified atom stereocenters. The minimum atomic E-state index is -5.13. The molecule has 27 heteroatoms. The summed E-state index contributed by atoms with van der Waals surface area (Å²) in [6, 6.07) is 13.1. The highest BCUT2D eigenvalue weighted by Gasteiger charge is 2.41. The van der Waals surface area contributed by atoms with Gasteiger partial charge in [0.05, 0.1) is 29.1 Å². The summed E-state index contributed by atoms with van der Waals surface area (Å²) in [6.45, 7) is 2.75. The van der Waals surface area contributed by atoms with Crippen LogP contribution in [0.15, 0.2) is 129 Å². The van der Waals surface area contributed by atoms with E-state index >= 15 is 0 Å². The summed E-state index contributed by atoms with van der Waals surface area (Å²) in [6.07, 6.45) is 0. The number of carboxylic acids is 1. The first-order chi connectivity index (χ1) is 29.5. The van der Waals surface area contributed by atoms with E-state index in [1.165, 1.54) is 56.5 Å². The van der Waals surface area contributed by atoms with E-state index in [2.05, 4.69) is 41.1 Å². The number of carbonyl (C=O) groups is 3. The summed E-state index contributed by atoms with van der Waals surface area (Å²) in [4.78, 5) is 34.5. The van der Waals surface area contributed by atoms with Gasteiger partial charge in [-0.15, -0.1) is 15.3 Å². The summed E-state index contributed by atoms with van der Waals surface area (Å²) >= 11 is 0. The summed E-state index contributed by atoms with van der Waals surface area (Å²) in [7, 11) is -13.3. The van der Waals surface area contributed by atoms with Crippen LogP contribution in [0, 0.1) is 6.92 Å². The first-order valence-corrected chi connectivity index (χ1v) is 21.6. The van der Waals surface area contributed by atoms with E-state index in [1.807, 2.05) is 0 Å². The highest BCUT2D eigenvalue weighted by Crippen LogP contribution is 2.44. The van der Waals surface area contributed by atoms with E-state index in [0.29, 0.717) is 10.6 Å². The lowest BCUT2D eigenvalue weighted by molar-refractivity contribution is -0.130. The SMILES string of the molecule is COc1cc(/N=N/c2ccc(NC(C)=O)cc2S(=O)(=O)O)c(C)cc1/N=N/c1c(S(=O)(=O)O)cc2cc(/N=N/C3C(=O)N(c4ccc(S(=O)(=O)O)cc4)N=C3C(=O)O)ccc2c1O. The highest BCUT2D eigenvalue weighted by atomic mass is 32.2. The van der Waals surface area contributed by atoms with Crippen molar-refractivity contribution in [2.24, 2.45) is 35.8 Å². The molecule has 0 bridgehead atoms. The Morgan fingerprint density at radius 2 is 1.41 bits per heavy atom. The number of phenolic OH excluding ortho intramolecular Hbond substituents is 1. The molecular formula is C36H29N9O15S3. The van der Waals surface area contributed by atoms with Crippen molar-refractivity contribution >= 4 is 104 Å². The smallest absolute Gasteiger partial charge is 0.355 e. The molecule has 0 saturated heterocycles. The fourth-order valence-electron chi connectivity index (χ4n) is 5.78. The Balaban J connectivity index is 1.30. The van der Waals surface area contributed by atoms with E-state index in [1.54, 1.807) is 6.92 Å². The Morgan fingerprint density at radius 3 is 2.02 bits per heavy atom. The standard InChI is InChI=1S/C36H29N9O15S3/c1-17-12-27(28(60-3)16-26(17)40-39-25-11-5-20(37-18(2)46)15-29(25)62(54,55)56)41-42-31-30(63(57,58)59)14-19-13-21(4-10-24(19)34(31)47)38-43-32-33(36(49)50)44-45(35(32)48)22-6-8-23(9-7-22)61(51,52)53/h4-16,32,47H,1-3H3,(H,37,46)(H,49,50)(H,51,52,53)(H,54,55,56)(H,57,58,59)/b40-39+,42-41+,43-38+. The zero-order chi connectivity index (χ0) is 46.2. The fraction of sp³-hybridized carbons (Fsp3) is 0.111. The molecule has 0 spiro atoms. The molecule has 5 aromatic carbocycles. The third-order valence-corrected chi connectivity index (χ3v) is 11.3. The number of anilines is 2. The average Bonchev–Trinajstić information content (AvgIpc) is 3.54. The zero-order valence-electron chi connectivity index (χ0n) is 32.2. The first-order valence-electron chi connectivity index (χ1n) is 17.3. The molecule has 1 aliphatic rings. The van der Waals surface area contributed by atoms with Crippen molar-refractivity contribution in [3.8, 4) is 11.5 Å². The molecule has 1 atom stereocenters. The fourth-order valence-corrected chi connectivity index (χ4v) is 7.57. The van der Waals surface area contributed by atoms with Gasteiger partial charge in [-0.1, -0.05) is 0 Å². The summed E-state index contributed by atoms with van der Waals surface area (Å²) in [5.74, 6) is -3.92. The summed E-state index contributed by atoms with van der Waals surface area (Å²) < 4.78 is 107. The van der Waals surface area contributed by atoms with Crippen molar-refractivity contribution in [1.29, 1.82) is 0 Å². The van der Waals surface area contributed by atoms with E-state index < -0.39 is 86.0 Å². The molecule has 5 aromatic rings. The average molecular weight is 924 g/mol. The number of hydrazone groups is 1. The minimum absolute atomic E-state index is 0.0204. The van der Waals surface area contributed by atoms with Crippen LogP contribution >= 0.6 is 0 Å². The number of nitrogens with one attached hydrogen (secondary N) is 1. The molecule has 0 radical (unpaired) electrons. The number of aromatic hydroxyl groups is 1. The molecular weight excluding hydrogens is 895 g/mol. The normalized spacial score (nSPS) is 14.9. The molecule has 6 rings (SSSR count). The lowest BCUT2D eigenvalue weighted by Gasteiger charge is -2.12. The van der Waals surface area contributed by atoms with E-state index in [4.69, 9.17) is 4.74 Å². The first kappa shape index (κ1) is 45.1. The number of hydrogen-bond donors (Lipinski definition) is 6. The minimum Gasteiger partial charge on any atom is -0.505 e. The lowest BCUT2D eigenvalue weighted by atomic mass is 10.1. The van der Waals surface area contributed by atoms with Gasteiger partial charge in [-0.2, -0.15) is 50.7 Å². The molecule has 0 aliphatic carbocycles. The van der Waals surface area contributed by atoms with Crippen molar-refractivity contribution < 1.29 is 68.2 Å². The lowest BCUT2D eigenvalue weighted by Crippen LogP contribution is -2.33. The number of methoxy groups -OCH3 is 1. The maximum Gasteiger partial charge on any atom is 0.355 e. The molecule has 24 nitrogen and oxygen atoms in total. The number of hydrogen-bond acceptors (Lipinski definition) is 18. The molecule has 63 heavy (non-hydrogen) atoms. The number of carboxylic acid groups (broad SMARTS) is 1. The predicted octanol–water partition coefficient (Wildman–Crippen LogP) is 6.33. The van der Waals surface area contributed by atoms with Gasteiger partial charge in [0.1, 0.15) is 32.6 Å². The van der Waals surface area contributed by atoms with Crippen molar-refractivity contribution in [3.05, 3.63) is 84.4 Å². The number of phenols is 1. The van der Waals surface area contributed by atoms with Crippen LogP contribution in [0.3, 0.4) is 0 Å². The van der Waals surface area contributed by atoms with Gasteiger partial charge in [0, 0.05) is 24.1 Å². The molecule has 326 valence electrons. The summed E-state index contributed by atoms with van der Waals surface area (Å²) in [5, 5.41) is 51.3. The molecule has 6 N–H and O–H groups in total. The van der Waals surface area contributed by atoms with Crippen LogP contribution in [-0.2, 0) is 44.7 Å². The van der Waals surface area contributed by atoms with Gasteiger partial charge < -0.3 is 20.3 Å². The quantitative estimate of drug-likeness (QED) is 0.0555. The van der Waals surface area contributed by atoms with Gasteiger partial charge in [0.15, 0.2) is 11.5 Å². The van der Waals surface area contributed by atoms with Gasteiger partial charge >= 0.3 is 5.97 Å². The number of rotatable bonds is 13. The largest absolute Gasteiger partial charge is 0.505 e. The molecule has 1 heterocycles. The second kappa shape index (κ2) is 17.1. The number of fused-ring (bicyclic) bond motifs is 1. The second-order valence-electron chi connectivity index (χ2n) is 13.0. The number of carbonyl (C=O) groups excluding carboxylic acids is 2. The van der Waals surface area contributed by atoms with Crippen molar-refractivity contribution in [3.63, 3.8) is 0 Å². The molecule has 1 aliphatic heterocycles. The summed E-state index contributed by atoms with van der Waals surface area (Å²) in [5.41, 5.74) is -1.39. The van der Waals surface area contributed by atoms with Crippen molar-refractivity contribution in [2.45, 2.75) is 34.6 Å². The number of azo groups is 3. The van der Waals surface area contributed by atoms with Crippen LogP contribution in [0.1, 0.15) is 12.5 Å². The van der Waals surface area contributed by atoms with Crippen LogP contribution in [0.25, 0.3) is 10.8 Å². The number of nitrogens with zero attached hydrogens (tertiary/aromatic N) is 8. The van der Waals surface area contributed by atoms with Gasteiger partial charge in [-0.25, -0.2) is 4.79 Å². The Bertz CT molecular complexity index is 3230. The molecule has 0 fully saturated rings. The van der Waals surface area contributed by atoms with Gasteiger partial charge in [0.25, 0.3) is 36.3 Å². The maximum absolute atomic E-state index is 13.2. The van der Waals surface area contributed by atoms with Gasteiger partial charge in [-0.3, -0.25) is 23.2 Å². The molecule has 2 amide bonds. The monoisotopic (exact) mass is 923 g/mol. The third kappa shape index (κ3) is 9.88. The van der Waals surface area contributed by atoms with Gasteiger partial charge in [-0.05, 0) is 90.7 Å². The Morgan fingerprint density at radius 1 is 0.762 bits per heavy atom. The van der Waals surface area contributed by atoms with Crippen LogP contribution in [0.2, 0.25) is 0 Å². The highest BCUT2D eigenvalue weighted by molar-refractivity contribution is 7.86. The van der Waals surface area contributed by atoms with Crippen molar-refractivity contribution in [1.82, 2.24) is 0 Å². The maximum atomic E-state index is 13.2. The second-order valence-corrected chi connectivity index (χ2v) is 17.2. The Hall–Kier alpha value is -7.43.